The fourth-order valence-corrected chi connectivity index (χ4v) is 2.32. The van der Waals surface area contributed by atoms with Crippen LogP contribution in [0, 0.1) is 0 Å². The molecule has 4 nitrogen and oxygen atoms in total. The number of nitrogens with zero attached hydrogens (tertiary/aromatic N) is 1. The molecule has 0 spiro atoms. The first-order valence-electron chi connectivity index (χ1n) is 6.38. The molecule has 0 aliphatic carbocycles. The van der Waals surface area contributed by atoms with Crippen LogP contribution in [0.5, 0.6) is 5.75 Å². The molecule has 1 aromatic rings. The first kappa shape index (κ1) is 12.9. The molecule has 0 saturated heterocycles. The van der Waals surface area contributed by atoms with E-state index in [1.54, 1.807) is 0 Å². The standard InChI is InChI=1S/C14H19NO3/c1-2-6-15(10-14(16)17)9-11-3-4-13-12(8-11)5-7-18-13/h3-4,8H,2,5-7,9-10H2,1H3,(H,16,17). The Kier molecular flexibility index (Phi) is 4.20. The minimum atomic E-state index is -0.770. The van der Waals surface area contributed by atoms with Gasteiger partial charge < -0.3 is 9.84 Å². The van der Waals surface area contributed by atoms with Crippen molar-refractivity contribution in [2.45, 2.75) is 26.3 Å². The molecule has 18 heavy (non-hydrogen) atoms. The Bertz CT molecular complexity index is 431. The van der Waals surface area contributed by atoms with Gasteiger partial charge in [0.15, 0.2) is 0 Å². The quantitative estimate of drug-likeness (QED) is 0.836. The van der Waals surface area contributed by atoms with E-state index < -0.39 is 5.97 Å². The molecule has 1 heterocycles. The molecule has 1 N–H and O–H groups in total. The van der Waals surface area contributed by atoms with Crippen molar-refractivity contribution < 1.29 is 14.6 Å². The molecule has 98 valence electrons. The molecule has 0 radical (unpaired) electrons. The van der Waals surface area contributed by atoms with Crippen LogP contribution in [0.2, 0.25) is 0 Å². The van der Waals surface area contributed by atoms with Crippen LogP contribution in [-0.2, 0) is 17.8 Å². The number of aliphatic carboxylic acids is 1. The maximum Gasteiger partial charge on any atom is 0.317 e. The Hall–Kier alpha value is -1.55. The minimum Gasteiger partial charge on any atom is -0.493 e. The zero-order chi connectivity index (χ0) is 13.0. The summed E-state index contributed by atoms with van der Waals surface area (Å²) >= 11 is 0. The van der Waals surface area contributed by atoms with Gasteiger partial charge in [-0.15, -0.1) is 0 Å². The Labute approximate surface area is 107 Å². The normalized spacial score (nSPS) is 13.4. The Morgan fingerprint density at radius 3 is 3.06 bits per heavy atom. The van der Waals surface area contributed by atoms with Gasteiger partial charge in [-0.05, 0) is 30.2 Å². The van der Waals surface area contributed by atoms with Crippen LogP contribution >= 0.6 is 0 Å². The molecule has 2 rings (SSSR count). The fourth-order valence-electron chi connectivity index (χ4n) is 2.32. The fraction of sp³-hybridized carbons (Fsp3) is 0.500. The SMILES string of the molecule is CCCN(CC(=O)O)Cc1ccc2c(c1)CCO2. The summed E-state index contributed by atoms with van der Waals surface area (Å²) in [5.74, 6) is 0.201. The van der Waals surface area contributed by atoms with Crippen molar-refractivity contribution in [2.24, 2.45) is 0 Å². The van der Waals surface area contributed by atoms with E-state index in [0.717, 1.165) is 37.3 Å². The van der Waals surface area contributed by atoms with E-state index in [4.69, 9.17) is 9.84 Å². The smallest absolute Gasteiger partial charge is 0.317 e. The van der Waals surface area contributed by atoms with E-state index in [9.17, 15) is 4.79 Å². The summed E-state index contributed by atoms with van der Waals surface area (Å²) in [6.07, 6.45) is 1.91. The largest absolute Gasteiger partial charge is 0.493 e. The average Bonchev–Trinajstić information content (AvgIpc) is 2.75. The third kappa shape index (κ3) is 3.23. The molecule has 0 fully saturated rings. The molecular formula is C14H19NO3. The van der Waals surface area contributed by atoms with Crippen LogP contribution in [0.1, 0.15) is 24.5 Å². The molecule has 0 saturated carbocycles. The molecule has 0 atom stereocenters. The highest BCUT2D eigenvalue weighted by Gasteiger charge is 2.14. The molecular weight excluding hydrogens is 230 g/mol. The molecule has 0 bridgehead atoms. The highest BCUT2D eigenvalue weighted by atomic mass is 16.5. The van der Waals surface area contributed by atoms with E-state index in [0.29, 0.717) is 6.54 Å². The second-order valence-electron chi connectivity index (χ2n) is 4.64. The lowest BCUT2D eigenvalue weighted by Gasteiger charge is -2.19. The zero-order valence-electron chi connectivity index (χ0n) is 10.7. The predicted molar refractivity (Wildman–Crippen MR) is 68.8 cm³/mol. The number of rotatable bonds is 6. The van der Waals surface area contributed by atoms with Crippen molar-refractivity contribution in [1.82, 2.24) is 4.90 Å². The maximum atomic E-state index is 10.8. The Morgan fingerprint density at radius 1 is 1.50 bits per heavy atom. The topological polar surface area (TPSA) is 49.8 Å². The highest BCUT2D eigenvalue weighted by Crippen LogP contribution is 2.26. The highest BCUT2D eigenvalue weighted by molar-refractivity contribution is 5.69. The predicted octanol–water partition coefficient (Wildman–Crippen LogP) is 1.92. The van der Waals surface area contributed by atoms with Gasteiger partial charge in [0, 0.05) is 13.0 Å². The number of carboxylic acids is 1. The second-order valence-corrected chi connectivity index (χ2v) is 4.64. The number of ether oxygens (including phenoxy) is 1. The summed E-state index contributed by atoms with van der Waals surface area (Å²) in [4.78, 5) is 12.8. The van der Waals surface area contributed by atoms with Gasteiger partial charge in [-0.2, -0.15) is 0 Å². The van der Waals surface area contributed by atoms with Gasteiger partial charge in [-0.25, -0.2) is 0 Å². The van der Waals surface area contributed by atoms with Crippen LogP contribution in [-0.4, -0.2) is 35.7 Å². The van der Waals surface area contributed by atoms with Gasteiger partial charge in [0.25, 0.3) is 0 Å². The number of carboxylic acid groups (broad SMARTS) is 1. The Balaban J connectivity index is 2.04. The number of hydrogen-bond acceptors (Lipinski definition) is 3. The summed E-state index contributed by atoms with van der Waals surface area (Å²) in [6, 6.07) is 6.14. The molecule has 0 aromatic heterocycles. The monoisotopic (exact) mass is 249 g/mol. The molecule has 0 amide bonds. The maximum absolute atomic E-state index is 10.8. The third-order valence-corrected chi connectivity index (χ3v) is 3.06. The minimum absolute atomic E-state index is 0.0986. The number of benzene rings is 1. The third-order valence-electron chi connectivity index (χ3n) is 3.06. The average molecular weight is 249 g/mol. The molecule has 1 aliphatic rings. The first-order chi connectivity index (χ1) is 8.69. The van der Waals surface area contributed by atoms with Crippen LogP contribution in [0.15, 0.2) is 18.2 Å². The molecule has 1 aromatic carbocycles. The lowest BCUT2D eigenvalue weighted by atomic mass is 10.1. The lowest BCUT2D eigenvalue weighted by molar-refractivity contribution is -0.138. The molecule has 0 unspecified atom stereocenters. The summed E-state index contributed by atoms with van der Waals surface area (Å²) in [5, 5.41) is 8.88. The summed E-state index contributed by atoms with van der Waals surface area (Å²) in [6.45, 7) is 4.41. The van der Waals surface area contributed by atoms with Crippen molar-refractivity contribution >= 4 is 5.97 Å². The number of fused-ring (bicyclic) bond motifs is 1. The van der Waals surface area contributed by atoms with Gasteiger partial charge in [-0.1, -0.05) is 19.1 Å². The van der Waals surface area contributed by atoms with Gasteiger partial charge in [0.1, 0.15) is 5.75 Å². The number of carbonyl (C=O) groups is 1. The van der Waals surface area contributed by atoms with E-state index in [2.05, 4.69) is 13.0 Å². The second kappa shape index (κ2) is 5.87. The zero-order valence-corrected chi connectivity index (χ0v) is 10.7. The molecule has 4 heteroatoms. The summed E-state index contributed by atoms with van der Waals surface area (Å²) in [7, 11) is 0. The number of hydrogen-bond donors (Lipinski definition) is 1. The van der Waals surface area contributed by atoms with Crippen molar-refractivity contribution in [3.05, 3.63) is 29.3 Å². The van der Waals surface area contributed by atoms with Crippen LogP contribution in [0.25, 0.3) is 0 Å². The van der Waals surface area contributed by atoms with Crippen LogP contribution < -0.4 is 4.74 Å². The van der Waals surface area contributed by atoms with E-state index in [-0.39, 0.29) is 6.54 Å². The van der Waals surface area contributed by atoms with Gasteiger partial charge in [0.2, 0.25) is 0 Å². The van der Waals surface area contributed by atoms with E-state index in [1.807, 2.05) is 17.0 Å². The van der Waals surface area contributed by atoms with E-state index >= 15 is 0 Å². The van der Waals surface area contributed by atoms with Crippen molar-refractivity contribution in [3.63, 3.8) is 0 Å². The van der Waals surface area contributed by atoms with Gasteiger partial charge >= 0.3 is 5.97 Å². The summed E-state index contributed by atoms with van der Waals surface area (Å²) in [5.41, 5.74) is 2.40. The van der Waals surface area contributed by atoms with E-state index in [1.165, 1.54) is 5.56 Å². The molecule has 1 aliphatic heterocycles. The Morgan fingerprint density at radius 2 is 2.33 bits per heavy atom. The van der Waals surface area contributed by atoms with Crippen molar-refractivity contribution in [3.8, 4) is 5.75 Å². The summed E-state index contributed by atoms with van der Waals surface area (Å²) < 4.78 is 5.46. The van der Waals surface area contributed by atoms with Gasteiger partial charge in [0.05, 0.1) is 13.2 Å². The van der Waals surface area contributed by atoms with Crippen molar-refractivity contribution in [2.75, 3.05) is 19.7 Å². The van der Waals surface area contributed by atoms with Gasteiger partial charge in [-0.3, -0.25) is 9.69 Å². The first-order valence-corrected chi connectivity index (χ1v) is 6.38. The van der Waals surface area contributed by atoms with Crippen LogP contribution in [0.4, 0.5) is 0 Å². The van der Waals surface area contributed by atoms with Crippen molar-refractivity contribution in [1.29, 1.82) is 0 Å². The van der Waals surface area contributed by atoms with Crippen LogP contribution in [0.3, 0.4) is 0 Å². The lowest BCUT2D eigenvalue weighted by Crippen LogP contribution is -2.30.